The van der Waals surface area contributed by atoms with E-state index in [1.54, 1.807) is 0 Å². The zero-order chi connectivity index (χ0) is 14.4. The van der Waals surface area contributed by atoms with Crippen LogP contribution in [0.15, 0.2) is 45.6 Å². The Bertz CT molecular complexity index is 646. The van der Waals surface area contributed by atoms with Crippen LogP contribution in [0.25, 0.3) is 6.08 Å². The van der Waals surface area contributed by atoms with E-state index in [0.29, 0.717) is 0 Å². The molecule has 0 saturated carbocycles. The SMILES string of the molecule is CC(/C=N\NC(=O)c1nonc1N)=C\c1ccccc1. The lowest BCUT2D eigenvalue weighted by Crippen LogP contribution is -2.19. The van der Waals surface area contributed by atoms with E-state index in [1.165, 1.54) is 6.21 Å². The van der Waals surface area contributed by atoms with Gasteiger partial charge in [-0.1, -0.05) is 36.4 Å². The molecule has 102 valence electrons. The van der Waals surface area contributed by atoms with Crippen LogP contribution < -0.4 is 11.2 Å². The summed E-state index contributed by atoms with van der Waals surface area (Å²) in [5, 5.41) is 10.5. The van der Waals surface area contributed by atoms with Gasteiger partial charge in [0, 0.05) is 0 Å². The van der Waals surface area contributed by atoms with Crippen molar-refractivity contribution in [1.82, 2.24) is 15.7 Å². The molecule has 2 rings (SSSR count). The summed E-state index contributed by atoms with van der Waals surface area (Å²) in [5.74, 6) is -0.651. The molecule has 0 aliphatic rings. The van der Waals surface area contributed by atoms with E-state index in [2.05, 4.69) is 25.5 Å². The Balaban J connectivity index is 1.95. The summed E-state index contributed by atoms with van der Waals surface area (Å²) in [6, 6.07) is 9.77. The number of amides is 1. The Hall–Kier alpha value is -2.96. The third-order valence-electron chi connectivity index (χ3n) is 2.36. The fourth-order valence-electron chi connectivity index (χ4n) is 1.45. The van der Waals surface area contributed by atoms with Crippen LogP contribution in [0.5, 0.6) is 0 Å². The second-order valence-corrected chi connectivity index (χ2v) is 4.00. The predicted octanol–water partition coefficient (Wildman–Crippen LogP) is 1.47. The van der Waals surface area contributed by atoms with Gasteiger partial charge < -0.3 is 5.73 Å². The number of nitrogen functional groups attached to an aromatic ring is 1. The molecule has 1 aromatic carbocycles. The summed E-state index contributed by atoms with van der Waals surface area (Å²) in [6.07, 6.45) is 3.45. The summed E-state index contributed by atoms with van der Waals surface area (Å²) < 4.78 is 4.32. The van der Waals surface area contributed by atoms with Crippen LogP contribution in [0.3, 0.4) is 0 Å². The van der Waals surface area contributed by atoms with E-state index in [9.17, 15) is 4.79 Å². The number of hydrogen-bond donors (Lipinski definition) is 2. The van der Waals surface area contributed by atoms with Gasteiger partial charge in [-0.15, -0.1) is 0 Å². The molecule has 0 fully saturated rings. The van der Waals surface area contributed by atoms with Crippen molar-refractivity contribution in [3.63, 3.8) is 0 Å². The van der Waals surface area contributed by atoms with Gasteiger partial charge in [0.15, 0.2) is 0 Å². The summed E-state index contributed by atoms with van der Waals surface area (Å²) in [7, 11) is 0. The predicted molar refractivity (Wildman–Crippen MR) is 74.8 cm³/mol. The van der Waals surface area contributed by atoms with Crippen molar-refractivity contribution < 1.29 is 9.42 Å². The number of carbonyl (C=O) groups is 1. The van der Waals surface area contributed by atoms with Crippen molar-refractivity contribution in [1.29, 1.82) is 0 Å². The van der Waals surface area contributed by atoms with Crippen molar-refractivity contribution in [2.45, 2.75) is 6.92 Å². The van der Waals surface area contributed by atoms with E-state index >= 15 is 0 Å². The number of nitrogens with one attached hydrogen (secondary N) is 1. The Morgan fingerprint density at radius 1 is 1.35 bits per heavy atom. The molecule has 1 heterocycles. The van der Waals surface area contributed by atoms with Crippen molar-refractivity contribution >= 4 is 24.0 Å². The molecular formula is C13H13N5O2. The topological polar surface area (TPSA) is 106 Å². The third kappa shape index (κ3) is 3.52. The van der Waals surface area contributed by atoms with Crippen molar-refractivity contribution in [3.05, 3.63) is 47.2 Å². The Morgan fingerprint density at radius 2 is 2.10 bits per heavy atom. The van der Waals surface area contributed by atoms with E-state index in [-0.39, 0.29) is 11.5 Å². The molecule has 0 bridgehead atoms. The summed E-state index contributed by atoms with van der Waals surface area (Å²) in [5.41, 5.74) is 9.51. The normalized spacial score (nSPS) is 11.8. The van der Waals surface area contributed by atoms with Gasteiger partial charge in [0.05, 0.1) is 6.21 Å². The molecule has 1 aromatic heterocycles. The highest BCUT2D eigenvalue weighted by Crippen LogP contribution is 2.05. The zero-order valence-corrected chi connectivity index (χ0v) is 10.8. The summed E-state index contributed by atoms with van der Waals surface area (Å²) in [6.45, 7) is 1.87. The molecule has 7 nitrogen and oxygen atoms in total. The van der Waals surface area contributed by atoms with Crippen LogP contribution in [-0.2, 0) is 0 Å². The lowest BCUT2D eigenvalue weighted by molar-refractivity contribution is 0.0946. The Kier molecular flexibility index (Phi) is 4.23. The van der Waals surface area contributed by atoms with Crippen LogP contribution in [0.1, 0.15) is 23.0 Å². The molecule has 0 radical (unpaired) electrons. The van der Waals surface area contributed by atoms with Crippen LogP contribution in [0.2, 0.25) is 0 Å². The quantitative estimate of drug-likeness (QED) is 0.647. The molecule has 0 unspecified atom stereocenters. The number of hydrazone groups is 1. The van der Waals surface area contributed by atoms with Gasteiger partial charge in [-0.25, -0.2) is 10.1 Å². The van der Waals surface area contributed by atoms with Crippen LogP contribution in [0, 0.1) is 0 Å². The van der Waals surface area contributed by atoms with E-state index < -0.39 is 5.91 Å². The Labute approximate surface area is 115 Å². The first-order valence-electron chi connectivity index (χ1n) is 5.81. The van der Waals surface area contributed by atoms with Gasteiger partial charge in [0.1, 0.15) is 0 Å². The number of hydrogen-bond acceptors (Lipinski definition) is 6. The highest BCUT2D eigenvalue weighted by molar-refractivity contribution is 5.96. The molecule has 3 N–H and O–H groups in total. The second kappa shape index (κ2) is 6.28. The average Bonchev–Trinajstić information content (AvgIpc) is 2.86. The van der Waals surface area contributed by atoms with Crippen molar-refractivity contribution in [2.24, 2.45) is 5.10 Å². The van der Waals surface area contributed by atoms with Crippen LogP contribution in [-0.4, -0.2) is 22.4 Å². The van der Waals surface area contributed by atoms with Gasteiger partial charge in [0.2, 0.25) is 11.5 Å². The molecule has 0 spiro atoms. The average molecular weight is 271 g/mol. The number of nitrogens with zero attached hydrogens (tertiary/aromatic N) is 3. The van der Waals surface area contributed by atoms with Gasteiger partial charge in [-0.05, 0) is 28.4 Å². The van der Waals surface area contributed by atoms with E-state index in [0.717, 1.165) is 11.1 Å². The number of allylic oxidation sites excluding steroid dienone is 1. The smallest absolute Gasteiger partial charge is 0.297 e. The largest absolute Gasteiger partial charge is 0.379 e. The first-order valence-corrected chi connectivity index (χ1v) is 5.81. The van der Waals surface area contributed by atoms with Crippen molar-refractivity contribution in [2.75, 3.05) is 5.73 Å². The van der Waals surface area contributed by atoms with E-state index in [1.807, 2.05) is 43.3 Å². The summed E-state index contributed by atoms with van der Waals surface area (Å²) in [4.78, 5) is 11.6. The monoisotopic (exact) mass is 271 g/mol. The number of nitrogens with two attached hydrogens (primary N) is 1. The third-order valence-corrected chi connectivity index (χ3v) is 2.36. The summed E-state index contributed by atoms with van der Waals surface area (Å²) >= 11 is 0. The van der Waals surface area contributed by atoms with Gasteiger partial charge in [0.25, 0.3) is 5.91 Å². The molecule has 0 saturated heterocycles. The maximum Gasteiger partial charge on any atom is 0.297 e. The number of rotatable bonds is 4. The first-order chi connectivity index (χ1) is 9.66. The zero-order valence-electron chi connectivity index (χ0n) is 10.8. The minimum absolute atomic E-state index is 0.0748. The van der Waals surface area contributed by atoms with Crippen molar-refractivity contribution in [3.8, 4) is 0 Å². The molecule has 20 heavy (non-hydrogen) atoms. The maximum absolute atomic E-state index is 11.6. The van der Waals surface area contributed by atoms with Crippen LogP contribution in [0.4, 0.5) is 5.82 Å². The van der Waals surface area contributed by atoms with Crippen LogP contribution >= 0.6 is 0 Å². The maximum atomic E-state index is 11.6. The van der Waals surface area contributed by atoms with Gasteiger partial charge in [-0.2, -0.15) is 5.10 Å². The number of benzene rings is 1. The fraction of sp³-hybridized carbons (Fsp3) is 0.0769. The number of carbonyl (C=O) groups excluding carboxylic acids is 1. The molecule has 0 atom stereocenters. The fourth-order valence-corrected chi connectivity index (χ4v) is 1.45. The Morgan fingerprint density at radius 3 is 2.75 bits per heavy atom. The minimum Gasteiger partial charge on any atom is -0.379 e. The molecule has 0 aliphatic carbocycles. The number of anilines is 1. The number of aromatic nitrogens is 2. The highest BCUT2D eigenvalue weighted by Gasteiger charge is 2.14. The highest BCUT2D eigenvalue weighted by atomic mass is 16.6. The molecule has 7 heteroatoms. The van der Waals surface area contributed by atoms with E-state index in [4.69, 9.17) is 5.73 Å². The van der Waals surface area contributed by atoms with Gasteiger partial charge in [-0.3, -0.25) is 4.79 Å². The molecular weight excluding hydrogens is 258 g/mol. The van der Waals surface area contributed by atoms with Gasteiger partial charge >= 0.3 is 0 Å². The second-order valence-electron chi connectivity index (χ2n) is 4.00. The molecule has 2 aromatic rings. The standard InChI is InChI=1S/C13H13N5O2/c1-9(7-10-5-3-2-4-6-10)8-15-16-13(19)11-12(14)18-20-17-11/h2-8H,1H3,(H2,14,18)(H,16,19)/b9-7+,15-8-. The molecule has 1 amide bonds. The minimum atomic E-state index is -0.576. The lowest BCUT2D eigenvalue weighted by Gasteiger charge is -1.96. The first kappa shape index (κ1) is 13.5. The molecule has 0 aliphatic heterocycles. The lowest BCUT2D eigenvalue weighted by atomic mass is 10.1.